The third-order valence-corrected chi connectivity index (χ3v) is 6.51. The second kappa shape index (κ2) is 10.9. The molecule has 27 heavy (non-hydrogen) atoms. The molecule has 3 rings (SSSR count). The number of hydrogen-bond donors (Lipinski definition) is 2. The Morgan fingerprint density at radius 2 is 2.00 bits per heavy atom. The largest absolute Gasteiger partial charge is 0.357 e. The van der Waals surface area contributed by atoms with E-state index in [4.69, 9.17) is 4.99 Å². The van der Waals surface area contributed by atoms with Crippen molar-refractivity contribution in [2.75, 3.05) is 19.8 Å². The summed E-state index contributed by atoms with van der Waals surface area (Å²) < 4.78 is 13.6. The minimum Gasteiger partial charge on any atom is -0.357 e. The van der Waals surface area contributed by atoms with Crippen LogP contribution in [0.25, 0.3) is 0 Å². The molecule has 0 aromatic heterocycles. The normalized spacial score (nSPS) is 25.6. The van der Waals surface area contributed by atoms with Gasteiger partial charge in [0.1, 0.15) is 5.82 Å². The molecular weight excluding hydrogens is 474 g/mol. The van der Waals surface area contributed by atoms with Crippen molar-refractivity contribution in [3.63, 3.8) is 0 Å². The van der Waals surface area contributed by atoms with Crippen molar-refractivity contribution in [3.05, 3.63) is 29.6 Å². The van der Waals surface area contributed by atoms with Crippen LogP contribution in [0, 0.1) is 5.82 Å². The van der Waals surface area contributed by atoms with Gasteiger partial charge < -0.3 is 15.5 Å². The number of aliphatic imine (C=N–C) groups is 1. The van der Waals surface area contributed by atoms with Crippen LogP contribution in [0.4, 0.5) is 4.39 Å². The lowest BCUT2D eigenvalue weighted by Gasteiger charge is -2.47. The summed E-state index contributed by atoms with van der Waals surface area (Å²) in [6.45, 7) is 3.39. The maximum absolute atomic E-state index is 13.6. The number of nitrogens with zero attached hydrogens (tertiary/aromatic N) is 2. The average molecular weight is 506 g/mol. The summed E-state index contributed by atoms with van der Waals surface area (Å²) in [6, 6.07) is 6.79. The highest BCUT2D eigenvalue weighted by atomic mass is 127. The van der Waals surface area contributed by atoms with Gasteiger partial charge in [-0.15, -0.1) is 35.7 Å². The molecule has 0 spiro atoms. The summed E-state index contributed by atoms with van der Waals surface area (Å²) in [5.74, 6) is 0.644. The zero-order valence-corrected chi connectivity index (χ0v) is 19.6. The van der Waals surface area contributed by atoms with Crippen LogP contribution in [0.3, 0.4) is 0 Å². The molecule has 2 fully saturated rings. The second-order valence-electron chi connectivity index (χ2n) is 7.37. The summed E-state index contributed by atoms with van der Waals surface area (Å²) in [7, 11) is 2.28. The molecule has 0 saturated carbocycles. The molecule has 2 saturated heterocycles. The Hall–Kier alpha value is -0.540. The van der Waals surface area contributed by atoms with Crippen molar-refractivity contribution in [2.45, 2.75) is 68.6 Å². The first-order chi connectivity index (χ1) is 12.6. The summed E-state index contributed by atoms with van der Waals surface area (Å²) >= 11 is 1.63. The van der Waals surface area contributed by atoms with Crippen LogP contribution in [0.1, 0.15) is 44.6 Å². The van der Waals surface area contributed by atoms with Crippen molar-refractivity contribution in [1.82, 2.24) is 15.5 Å². The molecular formula is C20H32FIN4S. The maximum Gasteiger partial charge on any atom is 0.191 e. The third-order valence-electron chi connectivity index (χ3n) is 5.67. The first-order valence-corrected chi connectivity index (χ1v) is 10.9. The van der Waals surface area contributed by atoms with E-state index < -0.39 is 0 Å². The van der Waals surface area contributed by atoms with Crippen LogP contribution >= 0.6 is 35.7 Å². The highest BCUT2D eigenvalue weighted by Crippen LogP contribution is 2.32. The van der Waals surface area contributed by atoms with Gasteiger partial charge >= 0.3 is 0 Å². The molecule has 2 aliphatic heterocycles. The van der Waals surface area contributed by atoms with Gasteiger partial charge in [-0.2, -0.15) is 0 Å². The molecule has 7 heteroatoms. The van der Waals surface area contributed by atoms with E-state index in [1.54, 1.807) is 17.8 Å². The quantitative estimate of drug-likeness (QED) is 0.271. The van der Waals surface area contributed by atoms with E-state index in [2.05, 4.69) is 29.5 Å². The lowest BCUT2D eigenvalue weighted by Crippen LogP contribution is -2.56. The Morgan fingerprint density at radius 1 is 1.30 bits per heavy atom. The summed E-state index contributed by atoms with van der Waals surface area (Å²) in [5.41, 5.74) is 0.940. The van der Waals surface area contributed by atoms with Gasteiger partial charge in [-0.1, -0.05) is 6.42 Å². The van der Waals surface area contributed by atoms with Crippen molar-refractivity contribution >= 4 is 41.7 Å². The summed E-state index contributed by atoms with van der Waals surface area (Å²) in [5, 5.41) is 6.99. The Morgan fingerprint density at radius 3 is 2.63 bits per heavy atom. The molecule has 2 atom stereocenters. The van der Waals surface area contributed by atoms with Crippen molar-refractivity contribution < 1.29 is 4.39 Å². The lowest BCUT2D eigenvalue weighted by atomic mass is 9.82. The molecule has 2 unspecified atom stereocenters. The van der Waals surface area contributed by atoms with Crippen LogP contribution in [-0.4, -0.2) is 48.8 Å². The van der Waals surface area contributed by atoms with Crippen LogP contribution in [0.15, 0.2) is 28.1 Å². The molecule has 0 radical (unpaired) electrons. The molecule has 152 valence electrons. The van der Waals surface area contributed by atoms with Crippen LogP contribution < -0.4 is 10.6 Å². The van der Waals surface area contributed by atoms with Gasteiger partial charge in [0.2, 0.25) is 0 Å². The molecule has 1 aromatic rings. The molecule has 1 aromatic carbocycles. The fourth-order valence-corrected chi connectivity index (χ4v) is 4.87. The van der Waals surface area contributed by atoms with E-state index >= 15 is 0 Å². The van der Waals surface area contributed by atoms with Crippen LogP contribution in [0.5, 0.6) is 0 Å². The van der Waals surface area contributed by atoms with Gasteiger partial charge in [-0.3, -0.25) is 0 Å². The number of thioether (sulfide) groups is 1. The van der Waals surface area contributed by atoms with Gasteiger partial charge in [-0.25, -0.2) is 9.38 Å². The van der Waals surface area contributed by atoms with Crippen molar-refractivity contribution in [2.24, 2.45) is 4.99 Å². The standard InChI is InChI=1S/C20H31FN4S.HI/c1-4-22-20(23-13-14-10-15(21)8-9-19(14)26-3)24-16-11-17-6-5-7-18(12-16)25(17)2;/h8-10,16-18H,4-7,11-13H2,1-3H3,(H2,22,23,24);1H. The predicted molar refractivity (Wildman–Crippen MR) is 124 cm³/mol. The number of guanidine groups is 1. The Labute approximate surface area is 184 Å². The van der Waals surface area contributed by atoms with E-state index in [-0.39, 0.29) is 29.8 Å². The first-order valence-electron chi connectivity index (χ1n) is 9.70. The highest BCUT2D eigenvalue weighted by Gasteiger charge is 2.36. The number of benzene rings is 1. The van der Waals surface area contributed by atoms with Crippen molar-refractivity contribution in [1.29, 1.82) is 0 Å². The maximum atomic E-state index is 13.6. The Bertz CT molecular complexity index is 628. The van der Waals surface area contributed by atoms with E-state index in [9.17, 15) is 4.39 Å². The number of nitrogens with one attached hydrogen (secondary N) is 2. The summed E-state index contributed by atoms with van der Waals surface area (Å²) in [6.07, 6.45) is 8.33. The van der Waals surface area contributed by atoms with Gasteiger partial charge in [0.05, 0.1) is 6.54 Å². The lowest BCUT2D eigenvalue weighted by molar-refractivity contribution is 0.0526. The Balaban J connectivity index is 0.00000261. The molecule has 0 amide bonds. The molecule has 0 aliphatic carbocycles. The SMILES string of the molecule is CCNC(=NCc1cc(F)ccc1SC)NC1CC2CCCC(C1)N2C.I. The second-order valence-corrected chi connectivity index (χ2v) is 8.22. The van der Waals surface area contributed by atoms with E-state index in [0.29, 0.717) is 24.7 Å². The number of hydrogen-bond acceptors (Lipinski definition) is 3. The average Bonchev–Trinajstić information content (AvgIpc) is 2.61. The predicted octanol–water partition coefficient (Wildman–Crippen LogP) is 4.24. The van der Waals surface area contributed by atoms with Crippen LogP contribution in [-0.2, 0) is 6.54 Å². The third kappa shape index (κ3) is 5.97. The first kappa shape index (κ1) is 22.7. The van der Waals surface area contributed by atoms with E-state index in [1.807, 2.05) is 12.3 Å². The fraction of sp³-hybridized carbons (Fsp3) is 0.650. The minimum atomic E-state index is -0.200. The molecule has 2 heterocycles. The summed E-state index contributed by atoms with van der Waals surface area (Å²) in [4.78, 5) is 8.40. The molecule has 2 aliphatic rings. The molecule has 2 N–H and O–H groups in total. The molecule has 4 nitrogen and oxygen atoms in total. The van der Waals surface area contributed by atoms with Gasteiger partial charge in [-0.05, 0) is 69.7 Å². The topological polar surface area (TPSA) is 39.7 Å². The molecule has 2 bridgehead atoms. The number of rotatable bonds is 5. The smallest absolute Gasteiger partial charge is 0.191 e. The van der Waals surface area contributed by atoms with Gasteiger partial charge in [0.15, 0.2) is 5.96 Å². The van der Waals surface area contributed by atoms with Crippen molar-refractivity contribution in [3.8, 4) is 0 Å². The number of halogens is 2. The van der Waals surface area contributed by atoms with Gasteiger partial charge in [0.25, 0.3) is 0 Å². The highest BCUT2D eigenvalue weighted by molar-refractivity contribution is 14.0. The number of piperidine rings is 2. The fourth-order valence-electron chi connectivity index (χ4n) is 4.28. The minimum absolute atomic E-state index is 0. The monoisotopic (exact) mass is 506 g/mol. The Kier molecular flexibility index (Phi) is 9.14. The van der Waals surface area contributed by atoms with Gasteiger partial charge in [0, 0.05) is 29.6 Å². The number of fused-ring (bicyclic) bond motifs is 2. The van der Waals surface area contributed by atoms with E-state index in [0.717, 1.165) is 23.0 Å². The zero-order chi connectivity index (χ0) is 18.5. The van der Waals surface area contributed by atoms with E-state index in [1.165, 1.54) is 38.2 Å². The van der Waals surface area contributed by atoms with Crippen LogP contribution in [0.2, 0.25) is 0 Å². The zero-order valence-electron chi connectivity index (χ0n) is 16.5.